The van der Waals surface area contributed by atoms with Crippen LogP contribution in [-0.2, 0) is 9.59 Å². The van der Waals surface area contributed by atoms with Gasteiger partial charge >= 0.3 is 0 Å². The Morgan fingerprint density at radius 2 is 1.24 bits per heavy atom. The highest BCUT2D eigenvalue weighted by Crippen LogP contribution is 2.40. The molecular weight excluding hydrogens is 312 g/mol. The van der Waals surface area contributed by atoms with Crippen molar-refractivity contribution in [1.29, 1.82) is 0 Å². The quantitative estimate of drug-likeness (QED) is 0.780. The Labute approximate surface area is 153 Å². The maximum atomic E-state index is 12.9. The molecule has 2 aliphatic carbocycles. The number of rotatable bonds is 3. The maximum Gasteiger partial charge on any atom is 0.225 e. The van der Waals surface area contributed by atoms with Gasteiger partial charge in [0.1, 0.15) is 0 Å². The summed E-state index contributed by atoms with van der Waals surface area (Å²) in [5.41, 5.74) is 0. The van der Waals surface area contributed by atoms with Gasteiger partial charge in [0.2, 0.25) is 11.8 Å². The summed E-state index contributed by atoms with van der Waals surface area (Å²) in [7, 11) is 0. The third kappa shape index (κ3) is 4.57. The first-order valence-corrected chi connectivity index (χ1v) is 10.6. The van der Waals surface area contributed by atoms with E-state index in [1.54, 1.807) is 0 Å². The molecule has 3 rings (SSSR count). The summed E-state index contributed by atoms with van der Waals surface area (Å²) in [6.07, 6.45) is 11.8. The molecule has 4 nitrogen and oxygen atoms in total. The monoisotopic (exact) mass is 348 g/mol. The van der Waals surface area contributed by atoms with Gasteiger partial charge in [-0.1, -0.05) is 46.0 Å². The van der Waals surface area contributed by atoms with Crippen molar-refractivity contribution < 1.29 is 9.59 Å². The van der Waals surface area contributed by atoms with Crippen LogP contribution in [0.3, 0.4) is 0 Å². The molecule has 2 amide bonds. The van der Waals surface area contributed by atoms with Gasteiger partial charge in [-0.15, -0.1) is 0 Å². The fraction of sp³-hybridized carbons (Fsp3) is 0.905. The second kappa shape index (κ2) is 8.55. The van der Waals surface area contributed by atoms with Crippen LogP contribution in [0.25, 0.3) is 0 Å². The van der Waals surface area contributed by atoms with E-state index in [-0.39, 0.29) is 17.7 Å². The Morgan fingerprint density at radius 3 is 1.80 bits per heavy atom. The Hall–Kier alpha value is -1.06. The van der Waals surface area contributed by atoms with Crippen molar-refractivity contribution >= 4 is 11.8 Å². The van der Waals surface area contributed by atoms with E-state index in [1.807, 2.05) is 23.6 Å². The summed E-state index contributed by atoms with van der Waals surface area (Å²) >= 11 is 0. The lowest BCUT2D eigenvalue weighted by Gasteiger charge is -2.39. The number of hydrogen-bond acceptors (Lipinski definition) is 2. The van der Waals surface area contributed by atoms with Crippen LogP contribution < -0.4 is 0 Å². The molecule has 0 spiro atoms. The van der Waals surface area contributed by atoms with Crippen LogP contribution in [0.5, 0.6) is 0 Å². The molecule has 0 radical (unpaired) electrons. The molecule has 4 heteroatoms. The molecule has 1 saturated heterocycles. The van der Waals surface area contributed by atoms with Crippen molar-refractivity contribution in [3.05, 3.63) is 0 Å². The molecule has 0 aromatic rings. The number of amides is 2. The predicted octanol–water partition coefficient (Wildman–Crippen LogP) is 3.70. The van der Waals surface area contributed by atoms with Crippen LogP contribution in [0.2, 0.25) is 0 Å². The molecule has 0 atom stereocenters. The second-order valence-electron chi connectivity index (χ2n) is 8.82. The molecule has 142 valence electrons. The van der Waals surface area contributed by atoms with E-state index in [9.17, 15) is 9.59 Å². The zero-order valence-corrected chi connectivity index (χ0v) is 16.2. The Kier molecular flexibility index (Phi) is 6.40. The summed E-state index contributed by atoms with van der Waals surface area (Å²) in [5.74, 6) is 2.70. The highest BCUT2D eigenvalue weighted by Gasteiger charge is 2.34. The largest absolute Gasteiger partial charge is 0.339 e. The normalized spacial score (nSPS) is 29.1. The first-order valence-electron chi connectivity index (χ1n) is 10.6. The zero-order chi connectivity index (χ0) is 17.8. The third-order valence-electron chi connectivity index (χ3n) is 6.83. The van der Waals surface area contributed by atoms with Gasteiger partial charge in [-0.25, -0.2) is 0 Å². The number of hydrogen-bond donors (Lipinski definition) is 0. The van der Waals surface area contributed by atoms with Crippen LogP contribution in [0, 0.1) is 23.7 Å². The zero-order valence-electron chi connectivity index (χ0n) is 16.2. The third-order valence-corrected chi connectivity index (χ3v) is 6.83. The van der Waals surface area contributed by atoms with E-state index >= 15 is 0 Å². The topological polar surface area (TPSA) is 40.6 Å². The lowest BCUT2D eigenvalue weighted by atomic mass is 9.71. The van der Waals surface area contributed by atoms with Crippen LogP contribution in [-0.4, -0.2) is 47.8 Å². The summed E-state index contributed by atoms with van der Waals surface area (Å²) in [4.78, 5) is 28.9. The molecule has 0 bridgehead atoms. The minimum Gasteiger partial charge on any atom is -0.339 e. The highest BCUT2D eigenvalue weighted by molar-refractivity contribution is 5.80. The van der Waals surface area contributed by atoms with Crippen molar-refractivity contribution in [3.63, 3.8) is 0 Å². The molecule has 0 unspecified atom stereocenters. The molecule has 3 aliphatic rings. The van der Waals surface area contributed by atoms with E-state index in [1.165, 1.54) is 44.9 Å². The van der Waals surface area contributed by atoms with E-state index in [0.717, 1.165) is 37.8 Å². The van der Waals surface area contributed by atoms with Gasteiger partial charge in [0.25, 0.3) is 0 Å². The summed E-state index contributed by atoms with van der Waals surface area (Å²) in [6.45, 7) is 6.76. The van der Waals surface area contributed by atoms with Gasteiger partial charge in [-0.05, 0) is 37.5 Å². The first kappa shape index (κ1) is 18.7. The van der Waals surface area contributed by atoms with Gasteiger partial charge in [-0.3, -0.25) is 9.59 Å². The predicted molar refractivity (Wildman–Crippen MR) is 100 cm³/mol. The molecule has 2 saturated carbocycles. The number of nitrogens with zero attached hydrogens (tertiary/aromatic N) is 2. The van der Waals surface area contributed by atoms with E-state index in [2.05, 4.69) is 0 Å². The van der Waals surface area contributed by atoms with Crippen molar-refractivity contribution in [1.82, 2.24) is 9.80 Å². The van der Waals surface area contributed by atoms with Crippen LogP contribution in [0.15, 0.2) is 0 Å². The lowest BCUT2D eigenvalue weighted by Crippen LogP contribution is -2.53. The Bertz CT molecular complexity index is 455. The smallest absolute Gasteiger partial charge is 0.225 e. The van der Waals surface area contributed by atoms with Crippen molar-refractivity contribution in [2.24, 2.45) is 23.7 Å². The van der Waals surface area contributed by atoms with Gasteiger partial charge in [-0.2, -0.15) is 0 Å². The Morgan fingerprint density at radius 1 is 0.720 bits per heavy atom. The summed E-state index contributed by atoms with van der Waals surface area (Å²) < 4.78 is 0. The van der Waals surface area contributed by atoms with Crippen LogP contribution in [0.4, 0.5) is 0 Å². The minimum atomic E-state index is 0.0531. The van der Waals surface area contributed by atoms with Crippen LogP contribution in [0.1, 0.15) is 71.6 Å². The number of carbonyl (C=O) groups is 2. The fourth-order valence-corrected chi connectivity index (χ4v) is 5.21. The van der Waals surface area contributed by atoms with E-state index in [4.69, 9.17) is 0 Å². The summed E-state index contributed by atoms with van der Waals surface area (Å²) in [5, 5.41) is 0. The molecule has 0 N–H and O–H groups in total. The van der Waals surface area contributed by atoms with Gasteiger partial charge in [0.15, 0.2) is 0 Å². The molecule has 0 aromatic carbocycles. The molecular formula is C21H36N2O2. The van der Waals surface area contributed by atoms with Gasteiger partial charge in [0.05, 0.1) is 0 Å². The van der Waals surface area contributed by atoms with Crippen molar-refractivity contribution in [3.8, 4) is 0 Å². The molecule has 25 heavy (non-hydrogen) atoms. The average molecular weight is 349 g/mol. The SMILES string of the molecule is CC(C)C(=O)N1CCN(C(=O)C2CCC(C3CCCCC3)CC2)CC1. The van der Waals surface area contributed by atoms with Gasteiger partial charge < -0.3 is 9.80 Å². The van der Waals surface area contributed by atoms with Crippen molar-refractivity contribution in [2.45, 2.75) is 71.6 Å². The lowest BCUT2D eigenvalue weighted by molar-refractivity contribution is -0.144. The molecule has 1 heterocycles. The fourth-order valence-electron chi connectivity index (χ4n) is 5.21. The molecule has 0 aromatic heterocycles. The minimum absolute atomic E-state index is 0.0531. The van der Waals surface area contributed by atoms with Crippen LogP contribution >= 0.6 is 0 Å². The molecule has 3 fully saturated rings. The number of carbonyl (C=O) groups excluding carboxylic acids is 2. The van der Waals surface area contributed by atoms with E-state index in [0.29, 0.717) is 19.0 Å². The highest BCUT2D eigenvalue weighted by atomic mass is 16.2. The second-order valence-corrected chi connectivity index (χ2v) is 8.82. The first-order chi connectivity index (χ1) is 12.1. The average Bonchev–Trinajstić information content (AvgIpc) is 2.67. The number of piperazine rings is 1. The van der Waals surface area contributed by atoms with E-state index < -0.39 is 0 Å². The summed E-state index contributed by atoms with van der Waals surface area (Å²) in [6, 6.07) is 0. The Balaban J connectivity index is 1.43. The standard InChI is InChI=1S/C21H36N2O2/c1-16(2)20(24)22-12-14-23(15-13-22)21(25)19-10-8-18(9-11-19)17-6-4-3-5-7-17/h16-19H,3-15H2,1-2H3. The maximum absolute atomic E-state index is 12.9. The van der Waals surface area contributed by atoms with Gasteiger partial charge in [0, 0.05) is 38.0 Å². The van der Waals surface area contributed by atoms with Crippen molar-refractivity contribution in [2.75, 3.05) is 26.2 Å². The molecule has 1 aliphatic heterocycles.